The van der Waals surface area contributed by atoms with Crippen molar-refractivity contribution in [2.45, 2.75) is 38.0 Å². The van der Waals surface area contributed by atoms with Gasteiger partial charge in [0.1, 0.15) is 16.1 Å². The van der Waals surface area contributed by atoms with E-state index in [1.54, 1.807) is 13.2 Å². The highest BCUT2D eigenvalue weighted by atomic mass is 32.2. The van der Waals surface area contributed by atoms with Gasteiger partial charge in [0.2, 0.25) is 0 Å². The maximum absolute atomic E-state index is 13.2. The number of fused-ring (bicyclic) bond motifs is 1. The average Bonchev–Trinajstić information content (AvgIpc) is 3.32. The molecule has 0 saturated heterocycles. The van der Waals surface area contributed by atoms with Crippen LogP contribution in [0.15, 0.2) is 71.3 Å². The number of hydrogen-bond acceptors (Lipinski definition) is 7. The van der Waals surface area contributed by atoms with E-state index in [0.29, 0.717) is 36.5 Å². The molecule has 4 rings (SSSR count). The van der Waals surface area contributed by atoms with Crippen molar-refractivity contribution in [3.63, 3.8) is 0 Å². The summed E-state index contributed by atoms with van der Waals surface area (Å²) < 4.78 is 26.7. The summed E-state index contributed by atoms with van der Waals surface area (Å²) in [7, 11) is 1.58. The first-order valence-electron chi connectivity index (χ1n) is 12.1. The van der Waals surface area contributed by atoms with Gasteiger partial charge in [0, 0.05) is 48.1 Å². The summed E-state index contributed by atoms with van der Waals surface area (Å²) in [4.78, 5) is 17.2. The first kappa shape index (κ1) is 26.8. The molecule has 0 spiro atoms. The van der Waals surface area contributed by atoms with Crippen molar-refractivity contribution in [2.24, 2.45) is 0 Å². The van der Waals surface area contributed by atoms with E-state index in [4.69, 9.17) is 9.26 Å². The first-order valence-corrected chi connectivity index (χ1v) is 13.3. The number of nitrogens with zero attached hydrogens (tertiary/aromatic N) is 2. The molecule has 0 aliphatic carbocycles. The number of ether oxygens (including phenoxy) is 1. The van der Waals surface area contributed by atoms with Crippen LogP contribution >= 0.6 is 0 Å². The molecule has 194 valence electrons. The number of aromatic nitrogens is 2. The summed E-state index contributed by atoms with van der Waals surface area (Å²) in [6, 6.07) is 20.6. The monoisotopic (exact) mass is 520 g/mol. The minimum absolute atomic E-state index is 0.267. The number of carbonyl (C=O) groups is 1. The van der Waals surface area contributed by atoms with Crippen molar-refractivity contribution in [1.82, 2.24) is 20.2 Å². The van der Waals surface area contributed by atoms with E-state index in [9.17, 15) is 9.35 Å². The molecule has 2 aromatic carbocycles. The molecule has 0 saturated carbocycles. The Labute approximate surface area is 220 Å². The fourth-order valence-electron chi connectivity index (χ4n) is 3.90. The molecule has 0 radical (unpaired) electrons. The van der Waals surface area contributed by atoms with Gasteiger partial charge in [-0.2, -0.15) is 0 Å². The number of pyridine rings is 1. The normalized spacial score (nSPS) is 13.4. The van der Waals surface area contributed by atoms with Crippen LogP contribution in [0.1, 0.15) is 48.6 Å². The van der Waals surface area contributed by atoms with Crippen molar-refractivity contribution in [2.75, 3.05) is 20.3 Å². The van der Waals surface area contributed by atoms with E-state index in [-0.39, 0.29) is 11.9 Å². The molecule has 2 N–H and O–H groups in total. The fraction of sp³-hybridized carbons (Fsp3) is 0.321. The van der Waals surface area contributed by atoms with Gasteiger partial charge in [-0.05, 0) is 50.6 Å². The van der Waals surface area contributed by atoms with Crippen LogP contribution in [0.25, 0.3) is 22.2 Å². The molecular weight excluding hydrogens is 488 g/mol. The van der Waals surface area contributed by atoms with Crippen molar-refractivity contribution in [3.8, 4) is 11.3 Å². The lowest BCUT2D eigenvalue weighted by molar-refractivity contribution is 0.0932. The summed E-state index contributed by atoms with van der Waals surface area (Å²) in [5.41, 5.74) is 4.23. The Morgan fingerprint density at radius 3 is 2.62 bits per heavy atom. The van der Waals surface area contributed by atoms with E-state index < -0.39 is 16.1 Å². The van der Waals surface area contributed by atoms with Crippen molar-refractivity contribution < 1.29 is 18.6 Å². The molecule has 8 nitrogen and oxygen atoms in total. The highest BCUT2D eigenvalue weighted by Gasteiger charge is 2.31. The van der Waals surface area contributed by atoms with Gasteiger partial charge in [0.25, 0.3) is 5.91 Å². The van der Waals surface area contributed by atoms with Gasteiger partial charge in [-0.15, -0.1) is 4.72 Å². The van der Waals surface area contributed by atoms with Crippen LogP contribution < -0.4 is 10.0 Å². The van der Waals surface area contributed by atoms with Gasteiger partial charge in [-0.1, -0.05) is 47.6 Å². The third-order valence-corrected chi connectivity index (χ3v) is 7.43. The molecule has 0 aliphatic rings. The highest BCUT2D eigenvalue weighted by molar-refractivity contribution is 7.90. The van der Waals surface area contributed by atoms with E-state index in [2.05, 4.69) is 20.2 Å². The lowest BCUT2D eigenvalue weighted by atomic mass is 9.94. The van der Waals surface area contributed by atoms with Gasteiger partial charge in [-0.25, -0.2) is 4.98 Å². The molecular formula is C28H32N4O4S. The minimum Gasteiger partial charge on any atom is -0.598 e. The molecule has 2 aromatic heterocycles. The van der Waals surface area contributed by atoms with E-state index in [1.807, 2.05) is 81.4 Å². The summed E-state index contributed by atoms with van der Waals surface area (Å²) in [5, 5.41) is 8.06. The van der Waals surface area contributed by atoms with Gasteiger partial charge in [-0.3, -0.25) is 4.79 Å². The maximum Gasteiger partial charge on any atom is 0.269 e. The number of nitrogens with one attached hydrogen (secondary N) is 2. The Kier molecular flexibility index (Phi) is 8.60. The molecule has 2 heterocycles. The first-order chi connectivity index (χ1) is 17.8. The predicted octanol–water partition coefficient (Wildman–Crippen LogP) is 4.60. The topological polar surface area (TPSA) is 112 Å². The second kappa shape index (κ2) is 11.9. The van der Waals surface area contributed by atoms with Gasteiger partial charge in [0.05, 0.1) is 12.6 Å². The zero-order chi connectivity index (χ0) is 26.4. The Bertz CT molecular complexity index is 1350. The lowest BCUT2D eigenvalue weighted by Gasteiger charge is -2.29. The second-order valence-electron chi connectivity index (χ2n) is 9.63. The van der Waals surface area contributed by atoms with Gasteiger partial charge >= 0.3 is 0 Å². The molecule has 4 aromatic rings. The number of methoxy groups -OCH3 is 1. The maximum atomic E-state index is 13.2. The molecule has 37 heavy (non-hydrogen) atoms. The fourth-order valence-corrected chi connectivity index (χ4v) is 4.73. The number of rotatable bonds is 10. The summed E-state index contributed by atoms with van der Waals surface area (Å²) >= 11 is -1.36. The number of carbonyl (C=O) groups excluding carboxylic acids is 1. The van der Waals surface area contributed by atoms with Crippen molar-refractivity contribution in [3.05, 3.63) is 83.7 Å². The predicted molar refractivity (Wildman–Crippen MR) is 145 cm³/mol. The average molecular weight is 521 g/mol. The lowest BCUT2D eigenvalue weighted by Crippen LogP contribution is -2.42. The smallest absolute Gasteiger partial charge is 0.269 e. The summed E-state index contributed by atoms with van der Waals surface area (Å²) in [5.74, 6) is -0.267. The highest BCUT2D eigenvalue weighted by Crippen LogP contribution is 2.35. The Balaban J connectivity index is 1.70. The van der Waals surface area contributed by atoms with E-state index >= 15 is 0 Å². The van der Waals surface area contributed by atoms with Crippen LogP contribution in [0.5, 0.6) is 0 Å². The molecule has 0 bridgehead atoms. The SMILES string of the molecule is COCCNC(=O)c1cccc(CC(N[S+]([O-])C(C)(C)C)c2ccccc2-c2noc3ccccc23)n1. The number of para-hydroxylation sites is 1. The van der Waals surface area contributed by atoms with Crippen molar-refractivity contribution in [1.29, 1.82) is 0 Å². The zero-order valence-electron chi connectivity index (χ0n) is 21.5. The van der Waals surface area contributed by atoms with Gasteiger partial charge < -0.3 is 19.1 Å². The minimum atomic E-state index is -1.36. The van der Waals surface area contributed by atoms with Crippen LogP contribution in [-0.4, -0.2) is 45.6 Å². The number of amides is 1. The van der Waals surface area contributed by atoms with Crippen LogP contribution in [0.2, 0.25) is 0 Å². The third-order valence-electron chi connectivity index (χ3n) is 5.82. The molecule has 0 fully saturated rings. The molecule has 2 unspecified atom stereocenters. The quantitative estimate of drug-likeness (QED) is 0.232. The Morgan fingerprint density at radius 2 is 1.84 bits per heavy atom. The number of hydrogen-bond donors (Lipinski definition) is 2. The molecule has 2 atom stereocenters. The molecule has 0 aliphatic heterocycles. The number of benzene rings is 2. The Hall–Kier alpha value is -3.24. The van der Waals surface area contributed by atoms with Crippen LogP contribution in [-0.2, 0) is 22.5 Å². The third kappa shape index (κ3) is 6.56. The zero-order valence-corrected chi connectivity index (χ0v) is 22.3. The standard InChI is InChI=1S/C28H32N4O4S/c1-28(2,3)37(34)32-24(18-19-10-9-14-23(30-19)27(33)29-16-17-35-4)20-11-5-6-12-21(20)26-22-13-7-8-15-25(22)36-31-26/h5-15,24,32H,16-18H2,1-4H3,(H,29,33). The summed E-state index contributed by atoms with van der Waals surface area (Å²) in [6.07, 6.45) is 0.411. The Morgan fingerprint density at radius 1 is 1.08 bits per heavy atom. The largest absolute Gasteiger partial charge is 0.598 e. The molecule has 1 amide bonds. The summed E-state index contributed by atoms with van der Waals surface area (Å²) in [6.45, 7) is 6.59. The molecule has 9 heteroatoms. The van der Waals surface area contributed by atoms with E-state index in [0.717, 1.165) is 22.2 Å². The van der Waals surface area contributed by atoms with Crippen molar-refractivity contribution >= 4 is 28.2 Å². The van der Waals surface area contributed by atoms with Crippen LogP contribution in [0, 0.1) is 0 Å². The van der Waals surface area contributed by atoms with Crippen LogP contribution in [0.3, 0.4) is 0 Å². The van der Waals surface area contributed by atoms with Gasteiger partial charge in [0.15, 0.2) is 5.58 Å². The van der Waals surface area contributed by atoms with Crippen LogP contribution in [0.4, 0.5) is 0 Å². The second-order valence-corrected chi connectivity index (χ2v) is 11.6. The van der Waals surface area contributed by atoms with E-state index in [1.165, 1.54) is 0 Å².